The number of thioether (sulfide) groups is 1. The van der Waals surface area contributed by atoms with Crippen LogP contribution < -0.4 is 5.32 Å². The van der Waals surface area contributed by atoms with Gasteiger partial charge in [-0.15, -0.1) is 0 Å². The number of methoxy groups -OCH3 is 1. The molecule has 1 atom stereocenters. The molecular weight excluding hydrogens is 508 g/mol. The fourth-order valence-corrected chi connectivity index (χ4v) is 5.68. The van der Waals surface area contributed by atoms with Gasteiger partial charge >= 0.3 is 5.97 Å². The normalized spacial score (nSPS) is 14.8. The second kappa shape index (κ2) is 16.7. The molecule has 1 aliphatic carbocycles. The van der Waals surface area contributed by atoms with E-state index in [9.17, 15) is 9.59 Å². The van der Waals surface area contributed by atoms with Crippen molar-refractivity contribution in [1.82, 2.24) is 10.4 Å². The molecule has 0 saturated heterocycles. The topological polar surface area (TPSA) is 67.9 Å². The van der Waals surface area contributed by atoms with Crippen LogP contribution in [0.2, 0.25) is 0 Å². The first-order valence-corrected chi connectivity index (χ1v) is 15.8. The van der Waals surface area contributed by atoms with Crippen LogP contribution in [0.3, 0.4) is 0 Å². The fourth-order valence-electron chi connectivity index (χ4n) is 5.21. The number of ether oxygens (including phenoxy) is 1. The summed E-state index contributed by atoms with van der Waals surface area (Å²) in [4.78, 5) is 32.2. The number of esters is 1. The number of nitrogens with zero attached hydrogens (tertiary/aromatic N) is 1. The van der Waals surface area contributed by atoms with E-state index >= 15 is 0 Å². The van der Waals surface area contributed by atoms with Crippen molar-refractivity contribution in [3.63, 3.8) is 0 Å². The zero-order valence-corrected chi connectivity index (χ0v) is 25.0. The maximum absolute atomic E-state index is 13.5. The maximum Gasteiger partial charge on any atom is 0.328 e. The number of aryl methyl sites for hydroxylation is 1. The SMILES string of the molecule is CCCCN(CC1CCCCC1)OCc1ccc(C(=O)N[C@@H](CCSC)C(=O)OC)c(-c2ccccc2C)c1. The number of unbranched alkanes of at least 4 members (excludes halogenated alkanes) is 1. The third-order valence-corrected chi connectivity index (χ3v) is 8.17. The summed E-state index contributed by atoms with van der Waals surface area (Å²) in [5.41, 5.74) is 4.47. The number of rotatable bonds is 15. The monoisotopic (exact) mass is 554 g/mol. The summed E-state index contributed by atoms with van der Waals surface area (Å²) in [6.07, 6.45) is 11.3. The van der Waals surface area contributed by atoms with E-state index in [2.05, 4.69) is 23.4 Å². The molecule has 2 aromatic rings. The Kier molecular flexibility index (Phi) is 13.3. The van der Waals surface area contributed by atoms with E-state index in [0.717, 1.165) is 53.9 Å². The van der Waals surface area contributed by atoms with Gasteiger partial charge in [-0.3, -0.25) is 9.63 Å². The molecule has 0 heterocycles. The minimum Gasteiger partial charge on any atom is -0.467 e. The second-order valence-corrected chi connectivity index (χ2v) is 11.5. The van der Waals surface area contributed by atoms with Crippen molar-refractivity contribution in [3.05, 3.63) is 59.2 Å². The van der Waals surface area contributed by atoms with Crippen LogP contribution in [0.5, 0.6) is 0 Å². The Balaban J connectivity index is 1.83. The molecule has 0 aliphatic heterocycles. The van der Waals surface area contributed by atoms with Gasteiger partial charge in [0.05, 0.1) is 13.7 Å². The maximum atomic E-state index is 13.5. The highest BCUT2D eigenvalue weighted by Crippen LogP contribution is 2.29. The van der Waals surface area contributed by atoms with Crippen molar-refractivity contribution in [1.29, 1.82) is 0 Å². The van der Waals surface area contributed by atoms with E-state index in [-0.39, 0.29) is 5.91 Å². The summed E-state index contributed by atoms with van der Waals surface area (Å²) in [7, 11) is 1.35. The van der Waals surface area contributed by atoms with Gasteiger partial charge in [-0.1, -0.05) is 62.9 Å². The van der Waals surface area contributed by atoms with Crippen molar-refractivity contribution in [2.45, 2.75) is 77.9 Å². The van der Waals surface area contributed by atoms with Gasteiger partial charge in [0.2, 0.25) is 0 Å². The molecule has 0 radical (unpaired) electrons. The molecule has 0 spiro atoms. The first-order chi connectivity index (χ1) is 19.0. The highest BCUT2D eigenvalue weighted by Gasteiger charge is 2.24. The van der Waals surface area contributed by atoms with Crippen LogP contribution in [0, 0.1) is 12.8 Å². The number of nitrogens with one attached hydrogen (secondary N) is 1. The molecule has 39 heavy (non-hydrogen) atoms. The Morgan fingerprint density at radius 1 is 1.10 bits per heavy atom. The lowest BCUT2D eigenvalue weighted by molar-refractivity contribution is -0.178. The molecule has 7 heteroatoms. The summed E-state index contributed by atoms with van der Waals surface area (Å²) in [5.74, 6) is 0.748. The third kappa shape index (κ3) is 9.66. The molecule has 0 bridgehead atoms. The molecule has 1 fully saturated rings. The summed E-state index contributed by atoms with van der Waals surface area (Å²) in [5, 5.41) is 5.09. The Hall–Kier alpha value is -2.35. The van der Waals surface area contributed by atoms with Crippen LogP contribution in [0.4, 0.5) is 0 Å². The van der Waals surface area contributed by atoms with Crippen LogP contribution >= 0.6 is 11.8 Å². The van der Waals surface area contributed by atoms with Crippen LogP contribution in [-0.4, -0.2) is 55.2 Å². The van der Waals surface area contributed by atoms with Crippen LogP contribution in [-0.2, 0) is 21.0 Å². The molecule has 0 aromatic heterocycles. The number of carbonyl (C=O) groups excluding carboxylic acids is 2. The number of hydrogen-bond donors (Lipinski definition) is 1. The Morgan fingerprint density at radius 2 is 1.87 bits per heavy atom. The van der Waals surface area contributed by atoms with Gasteiger partial charge in [-0.25, -0.2) is 4.79 Å². The lowest BCUT2D eigenvalue weighted by Gasteiger charge is -2.29. The molecule has 1 aliphatic rings. The summed E-state index contributed by atoms with van der Waals surface area (Å²) < 4.78 is 4.95. The number of benzene rings is 2. The summed E-state index contributed by atoms with van der Waals surface area (Å²) >= 11 is 1.63. The molecular formula is C32H46N2O4S. The minimum absolute atomic E-state index is 0.279. The predicted octanol–water partition coefficient (Wildman–Crippen LogP) is 6.80. The number of hydrogen-bond acceptors (Lipinski definition) is 6. The van der Waals surface area contributed by atoms with Crippen molar-refractivity contribution >= 4 is 23.6 Å². The highest BCUT2D eigenvalue weighted by atomic mass is 32.2. The zero-order valence-electron chi connectivity index (χ0n) is 24.2. The van der Waals surface area contributed by atoms with Gasteiger partial charge in [0.25, 0.3) is 5.91 Å². The minimum atomic E-state index is -0.686. The van der Waals surface area contributed by atoms with Crippen molar-refractivity contribution in [3.8, 4) is 11.1 Å². The quantitative estimate of drug-likeness (QED) is 0.193. The molecule has 214 valence electrons. The first kappa shape index (κ1) is 31.2. The average molecular weight is 555 g/mol. The van der Waals surface area contributed by atoms with E-state index in [1.54, 1.807) is 11.8 Å². The summed E-state index contributed by atoms with van der Waals surface area (Å²) in [6, 6.07) is 13.3. The Labute approximate surface area is 239 Å². The molecule has 1 saturated carbocycles. The lowest BCUT2D eigenvalue weighted by Crippen LogP contribution is -2.42. The van der Waals surface area contributed by atoms with Gasteiger partial charge in [-0.2, -0.15) is 16.8 Å². The van der Waals surface area contributed by atoms with Crippen molar-refractivity contribution < 1.29 is 19.2 Å². The Bertz CT molecular complexity index is 1050. The average Bonchev–Trinajstić information content (AvgIpc) is 2.96. The molecule has 3 rings (SSSR count). The van der Waals surface area contributed by atoms with Crippen molar-refractivity contribution in [2.75, 3.05) is 32.2 Å². The smallest absolute Gasteiger partial charge is 0.328 e. The van der Waals surface area contributed by atoms with Gasteiger partial charge in [0, 0.05) is 18.7 Å². The highest BCUT2D eigenvalue weighted by molar-refractivity contribution is 7.98. The Morgan fingerprint density at radius 3 is 2.56 bits per heavy atom. The van der Waals surface area contributed by atoms with Crippen LogP contribution in [0.15, 0.2) is 42.5 Å². The van der Waals surface area contributed by atoms with Gasteiger partial charge < -0.3 is 10.1 Å². The van der Waals surface area contributed by atoms with E-state index < -0.39 is 12.0 Å². The number of amides is 1. The van der Waals surface area contributed by atoms with Crippen LogP contribution in [0.25, 0.3) is 11.1 Å². The van der Waals surface area contributed by atoms with Gasteiger partial charge in [0.15, 0.2) is 0 Å². The molecule has 1 amide bonds. The summed E-state index contributed by atoms with van der Waals surface area (Å²) in [6.45, 7) is 6.63. The zero-order chi connectivity index (χ0) is 28.0. The van der Waals surface area contributed by atoms with Gasteiger partial charge in [-0.05, 0) is 84.9 Å². The van der Waals surface area contributed by atoms with Gasteiger partial charge in [0.1, 0.15) is 6.04 Å². The molecule has 0 unspecified atom stereocenters. The molecule has 6 nitrogen and oxygen atoms in total. The molecule has 1 N–H and O–H groups in total. The van der Waals surface area contributed by atoms with E-state index in [1.807, 2.05) is 49.6 Å². The van der Waals surface area contributed by atoms with E-state index in [0.29, 0.717) is 24.5 Å². The largest absolute Gasteiger partial charge is 0.467 e. The first-order valence-electron chi connectivity index (χ1n) is 14.4. The van der Waals surface area contributed by atoms with Crippen molar-refractivity contribution in [2.24, 2.45) is 5.92 Å². The molecule has 2 aromatic carbocycles. The van der Waals surface area contributed by atoms with E-state index in [1.165, 1.54) is 39.2 Å². The fraction of sp³-hybridized carbons (Fsp3) is 0.562. The predicted molar refractivity (Wildman–Crippen MR) is 161 cm³/mol. The standard InChI is InChI=1S/C32H46N2O4S/c1-5-6-19-34(22-25-13-8-7-9-14-25)38-23-26-16-17-28(29(21-26)27-15-11-10-12-24(27)2)31(35)33-30(18-20-39-4)32(36)37-3/h10-12,15-17,21,25,30H,5-9,13-14,18-20,22-23H2,1-4H3,(H,33,35)/t30-/m0/s1. The van der Waals surface area contributed by atoms with E-state index in [4.69, 9.17) is 9.57 Å². The number of hydroxylamine groups is 2. The second-order valence-electron chi connectivity index (χ2n) is 10.5. The third-order valence-electron chi connectivity index (χ3n) is 7.53. The number of carbonyl (C=O) groups is 2. The lowest BCUT2D eigenvalue weighted by atomic mass is 9.89. The van der Waals surface area contributed by atoms with Crippen LogP contribution in [0.1, 0.15) is 79.8 Å².